The number of hydrogen-bond acceptors (Lipinski definition) is 5. The van der Waals surface area contributed by atoms with E-state index in [-0.39, 0.29) is 23.4 Å². The maximum atomic E-state index is 12.0. The van der Waals surface area contributed by atoms with Crippen molar-refractivity contribution in [2.45, 2.75) is 40.2 Å². The van der Waals surface area contributed by atoms with Gasteiger partial charge in [-0.05, 0) is 27.2 Å². The Labute approximate surface area is 138 Å². The molecule has 0 aliphatic carbocycles. The lowest BCUT2D eigenvalue weighted by Crippen LogP contribution is -2.40. The number of carbonyl (C=O) groups is 2. The molecule has 128 valence electrons. The van der Waals surface area contributed by atoms with Crippen LogP contribution in [-0.4, -0.2) is 37.6 Å². The van der Waals surface area contributed by atoms with E-state index < -0.39 is 11.8 Å². The monoisotopic (exact) mass is 332 g/mol. The predicted molar refractivity (Wildman–Crippen MR) is 88.0 cm³/mol. The number of hydrogen-bond donors (Lipinski definition) is 3. The fraction of sp³-hybridized carbons (Fsp3) is 0.400. The lowest BCUT2D eigenvalue weighted by atomic mass is 10.2. The van der Waals surface area contributed by atoms with Crippen molar-refractivity contribution in [1.82, 2.24) is 25.1 Å². The van der Waals surface area contributed by atoms with Crippen molar-refractivity contribution in [2.24, 2.45) is 0 Å². The third-order valence-corrected chi connectivity index (χ3v) is 3.33. The SMILES string of the molecule is CCC(C)NC(=O)C(=O)Nc1cc(C)nn1-c1nc(C)cc(=O)[nH]1. The van der Waals surface area contributed by atoms with Crippen LogP contribution < -0.4 is 16.2 Å². The number of rotatable bonds is 4. The molecule has 9 heteroatoms. The van der Waals surface area contributed by atoms with E-state index in [1.54, 1.807) is 26.8 Å². The number of aromatic amines is 1. The van der Waals surface area contributed by atoms with Crippen LogP contribution in [0, 0.1) is 13.8 Å². The lowest BCUT2D eigenvalue weighted by Gasteiger charge is -2.11. The molecule has 2 aromatic rings. The molecule has 0 aliphatic rings. The molecule has 0 saturated heterocycles. The molecule has 2 heterocycles. The van der Waals surface area contributed by atoms with Gasteiger partial charge in [-0.25, -0.2) is 4.98 Å². The number of aromatic nitrogens is 4. The highest BCUT2D eigenvalue weighted by Crippen LogP contribution is 2.13. The fourth-order valence-corrected chi connectivity index (χ4v) is 1.98. The Bertz CT molecular complexity index is 823. The van der Waals surface area contributed by atoms with E-state index in [0.29, 0.717) is 17.8 Å². The average molecular weight is 332 g/mol. The molecule has 2 amide bonds. The molecule has 0 spiro atoms. The topological polar surface area (TPSA) is 122 Å². The van der Waals surface area contributed by atoms with Crippen LogP contribution in [0.3, 0.4) is 0 Å². The Morgan fingerprint density at radius 2 is 1.96 bits per heavy atom. The van der Waals surface area contributed by atoms with Crippen LogP contribution >= 0.6 is 0 Å². The molecular weight excluding hydrogens is 312 g/mol. The van der Waals surface area contributed by atoms with Gasteiger partial charge in [0.1, 0.15) is 5.82 Å². The third kappa shape index (κ3) is 4.06. The van der Waals surface area contributed by atoms with Crippen molar-refractivity contribution in [3.8, 4) is 5.95 Å². The first kappa shape index (κ1) is 17.4. The first-order valence-corrected chi connectivity index (χ1v) is 7.57. The molecule has 0 fully saturated rings. The molecule has 3 N–H and O–H groups in total. The summed E-state index contributed by atoms with van der Waals surface area (Å²) in [5.74, 6) is -1.15. The number of nitrogens with zero attached hydrogens (tertiary/aromatic N) is 3. The molecule has 2 rings (SSSR count). The van der Waals surface area contributed by atoms with Crippen molar-refractivity contribution < 1.29 is 9.59 Å². The molecule has 0 radical (unpaired) electrons. The summed E-state index contributed by atoms with van der Waals surface area (Å²) in [5.41, 5.74) is 0.767. The maximum absolute atomic E-state index is 12.0. The highest BCUT2D eigenvalue weighted by atomic mass is 16.2. The standard InChI is InChI=1S/C15H20N6O3/c1-5-8(2)16-13(23)14(24)18-11-6-10(4)20-21(11)15-17-9(3)7-12(22)19-15/h6-8H,5H2,1-4H3,(H,16,23)(H,18,24)(H,17,19,22). The second-order valence-corrected chi connectivity index (χ2v) is 5.53. The van der Waals surface area contributed by atoms with Gasteiger partial charge in [0.05, 0.1) is 5.69 Å². The number of aryl methyl sites for hydroxylation is 2. The summed E-state index contributed by atoms with van der Waals surface area (Å²) in [7, 11) is 0. The van der Waals surface area contributed by atoms with Gasteiger partial charge in [0.15, 0.2) is 0 Å². The maximum Gasteiger partial charge on any atom is 0.314 e. The molecule has 0 aromatic carbocycles. The second kappa shape index (κ2) is 7.07. The van der Waals surface area contributed by atoms with E-state index >= 15 is 0 Å². The smallest absolute Gasteiger partial charge is 0.314 e. The van der Waals surface area contributed by atoms with Crippen molar-refractivity contribution in [3.05, 3.63) is 33.9 Å². The van der Waals surface area contributed by atoms with Gasteiger partial charge in [0.2, 0.25) is 5.95 Å². The molecule has 0 bridgehead atoms. The Balaban J connectivity index is 2.27. The zero-order valence-electron chi connectivity index (χ0n) is 14.0. The van der Waals surface area contributed by atoms with Gasteiger partial charge in [-0.1, -0.05) is 6.92 Å². The summed E-state index contributed by atoms with van der Waals surface area (Å²) in [6.07, 6.45) is 0.713. The van der Waals surface area contributed by atoms with Crippen LogP contribution in [0.2, 0.25) is 0 Å². The van der Waals surface area contributed by atoms with Crippen LogP contribution in [0.1, 0.15) is 31.7 Å². The summed E-state index contributed by atoms with van der Waals surface area (Å²) in [5, 5.41) is 9.26. The number of H-pyrrole nitrogens is 1. The Morgan fingerprint density at radius 3 is 2.58 bits per heavy atom. The van der Waals surface area contributed by atoms with Crippen LogP contribution in [0.4, 0.5) is 5.82 Å². The molecule has 0 aliphatic heterocycles. The van der Waals surface area contributed by atoms with E-state index in [4.69, 9.17) is 0 Å². The van der Waals surface area contributed by atoms with E-state index in [0.717, 1.165) is 0 Å². The summed E-state index contributed by atoms with van der Waals surface area (Å²) < 4.78 is 1.28. The van der Waals surface area contributed by atoms with Gasteiger partial charge in [-0.3, -0.25) is 19.4 Å². The van der Waals surface area contributed by atoms with Gasteiger partial charge in [-0.15, -0.1) is 0 Å². The summed E-state index contributed by atoms with van der Waals surface area (Å²) >= 11 is 0. The quantitative estimate of drug-likeness (QED) is 0.701. The first-order valence-electron chi connectivity index (χ1n) is 7.57. The molecule has 0 saturated carbocycles. The van der Waals surface area contributed by atoms with Crippen LogP contribution in [0.5, 0.6) is 0 Å². The summed E-state index contributed by atoms with van der Waals surface area (Å²) in [6, 6.07) is 2.82. The van der Waals surface area contributed by atoms with Gasteiger partial charge in [0, 0.05) is 23.9 Å². The van der Waals surface area contributed by atoms with Crippen molar-refractivity contribution in [2.75, 3.05) is 5.32 Å². The van der Waals surface area contributed by atoms with Crippen molar-refractivity contribution in [1.29, 1.82) is 0 Å². The molecule has 1 unspecified atom stereocenters. The fourth-order valence-electron chi connectivity index (χ4n) is 1.98. The van der Waals surface area contributed by atoms with Gasteiger partial charge in [-0.2, -0.15) is 9.78 Å². The van der Waals surface area contributed by atoms with Crippen LogP contribution in [-0.2, 0) is 9.59 Å². The minimum atomic E-state index is -0.813. The number of anilines is 1. The van der Waals surface area contributed by atoms with E-state index in [2.05, 4.69) is 25.7 Å². The minimum absolute atomic E-state index is 0.107. The lowest BCUT2D eigenvalue weighted by molar-refractivity contribution is -0.136. The highest BCUT2D eigenvalue weighted by molar-refractivity contribution is 6.39. The molecule has 2 aromatic heterocycles. The highest BCUT2D eigenvalue weighted by Gasteiger charge is 2.19. The van der Waals surface area contributed by atoms with Crippen molar-refractivity contribution >= 4 is 17.6 Å². The third-order valence-electron chi connectivity index (χ3n) is 3.33. The second-order valence-electron chi connectivity index (χ2n) is 5.53. The van der Waals surface area contributed by atoms with Gasteiger partial charge in [0.25, 0.3) is 5.56 Å². The van der Waals surface area contributed by atoms with Gasteiger partial charge < -0.3 is 10.6 Å². The Kier molecular flexibility index (Phi) is 5.12. The van der Waals surface area contributed by atoms with Crippen molar-refractivity contribution in [3.63, 3.8) is 0 Å². The molecule has 24 heavy (non-hydrogen) atoms. The largest absolute Gasteiger partial charge is 0.345 e. The van der Waals surface area contributed by atoms with E-state index in [9.17, 15) is 14.4 Å². The summed E-state index contributed by atoms with van der Waals surface area (Å²) in [4.78, 5) is 42.2. The first-order chi connectivity index (χ1) is 11.3. The average Bonchev–Trinajstić information content (AvgIpc) is 2.86. The number of amides is 2. The van der Waals surface area contributed by atoms with Crippen LogP contribution in [0.25, 0.3) is 5.95 Å². The molecule has 9 nitrogen and oxygen atoms in total. The predicted octanol–water partition coefficient (Wildman–Crippen LogP) is 0.426. The number of nitrogens with one attached hydrogen (secondary N) is 3. The Hall–Kier alpha value is -2.97. The van der Waals surface area contributed by atoms with E-state index in [1.165, 1.54) is 10.7 Å². The number of carbonyl (C=O) groups excluding carboxylic acids is 2. The molecular formula is C15H20N6O3. The van der Waals surface area contributed by atoms with Gasteiger partial charge >= 0.3 is 11.8 Å². The normalized spacial score (nSPS) is 11.8. The van der Waals surface area contributed by atoms with Crippen LogP contribution in [0.15, 0.2) is 16.9 Å². The Morgan fingerprint density at radius 1 is 1.25 bits per heavy atom. The van der Waals surface area contributed by atoms with E-state index in [1.807, 2.05) is 6.92 Å². The summed E-state index contributed by atoms with van der Waals surface area (Å²) in [6.45, 7) is 7.11. The molecule has 1 atom stereocenters. The minimum Gasteiger partial charge on any atom is -0.345 e. The zero-order valence-corrected chi connectivity index (χ0v) is 14.0. The zero-order chi connectivity index (χ0) is 17.9.